The highest BCUT2D eigenvalue weighted by molar-refractivity contribution is 5.94. The van der Waals surface area contributed by atoms with Crippen molar-refractivity contribution in [2.75, 3.05) is 11.9 Å². The number of rotatable bonds is 6. The van der Waals surface area contributed by atoms with E-state index in [1.807, 2.05) is 48.7 Å². The second-order valence-corrected chi connectivity index (χ2v) is 5.72. The van der Waals surface area contributed by atoms with Gasteiger partial charge in [-0.25, -0.2) is 4.98 Å². The Hall–Kier alpha value is -3.59. The van der Waals surface area contributed by atoms with E-state index in [0.29, 0.717) is 12.5 Å². The fourth-order valence-electron chi connectivity index (χ4n) is 2.57. The first-order valence-corrected chi connectivity index (χ1v) is 8.44. The van der Waals surface area contributed by atoms with Crippen LogP contribution in [0.25, 0.3) is 11.3 Å². The van der Waals surface area contributed by atoms with E-state index < -0.39 is 0 Å². The molecule has 0 unspecified atom stereocenters. The van der Waals surface area contributed by atoms with E-state index in [0.717, 1.165) is 29.8 Å². The van der Waals surface area contributed by atoms with Crippen LogP contribution in [0.2, 0.25) is 0 Å². The van der Waals surface area contributed by atoms with E-state index in [2.05, 4.69) is 37.7 Å². The first-order chi connectivity index (χ1) is 12.8. The minimum Gasteiger partial charge on any atom is -0.345 e. The lowest BCUT2D eigenvalue weighted by molar-refractivity contribution is 0.830. The number of imidazole rings is 1. The summed E-state index contributed by atoms with van der Waals surface area (Å²) >= 11 is 0. The van der Waals surface area contributed by atoms with Crippen LogP contribution >= 0.6 is 0 Å². The molecule has 0 bridgehead atoms. The average molecular weight is 344 g/mol. The van der Waals surface area contributed by atoms with Crippen molar-refractivity contribution in [2.45, 2.75) is 12.8 Å². The molecule has 6 nitrogen and oxygen atoms in total. The number of benzene rings is 2. The number of nitriles is 1. The molecule has 0 saturated heterocycles. The van der Waals surface area contributed by atoms with Crippen molar-refractivity contribution in [3.05, 3.63) is 72.7 Å². The SMILES string of the molecule is N#CNC(=NCCCc1ccccc1)Nc1ccc(-c2cnc[nH]2)cc1. The molecule has 3 aromatic rings. The third-order valence-electron chi connectivity index (χ3n) is 3.87. The number of aryl methyl sites for hydroxylation is 1. The molecule has 1 heterocycles. The molecule has 2 aromatic carbocycles. The van der Waals surface area contributed by atoms with Crippen LogP contribution in [-0.2, 0) is 6.42 Å². The smallest absolute Gasteiger partial charge is 0.209 e. The molecule has 0 atom stereocenters. The predicted octanol–water partition coefficient (Wildman–Crippen LogP) is 3.55. The van der Waals surface area contributed by atoms with Crippen molar-refractivity contribution in [3.8, 4) is 17.5 Å². The van der Waals surface area contributed by atoms with Crippen molar-refractivity contribution >= 4 is 11.6 Å². The quantitative estimate of drug-likeness (QED) is 0.210. The summed E-state index contributed by atoms with van der Waals surface area (Å²) in [5.74, 6) is 0.454. The maximum Gasteiger partial charge on any atom is 0.209 e. The van der Waals surface area contributed by atoms with Gasteiger partial charge in [-0.2, -0.15) is 5.26 Å². The van der Waals surface area contributed by atoms with Gasteiger partial charge in [-0.3, -0.25) is 10.3 Å². The van der Waals surface area contributed by atoms with Crippen LogP contribution in [0, 0.1) is 11.5 Å². The summed E-state index contributed by atoms with van der Waals surface area (Å²) in [4.78, 5) is 11.5. The van der Waals surface area contributed by atoms with Crippen LogP contribution in [-0.4, -0.2) is 22.5 Å². The summed E-state index contributed by atoms with van der Waals surface area (Å²) < 4.78 is 0. The predicted molar refractivity (Wildman–Crippen MR) is 103 cm³/mol. The Morgan fingerprint density at radius 3 is 2.62 bits per heavy atom. The zero-order valence-corrected chi connectivity index (χ0v) is 14.3. The Balaban J connectivity index is 1.56. The molecule has 0 fully saturated rings. The standard InChI is InChI=1S/C20H20N6/c21-14-24-20(23-12-4-7-16-5-2-1-3-6-16)26-18-10-8-17(9-11-18)19-13-22-15-25-19/h1-3,5-6,8-11,13,15H,4,7,12H2,(H,22,25)(H2,23,24,26). The van der Waals surface area contributed by atoms with Crippen molar-refractivity contribution in [3.63, 3.8) is 0 Å². The minimum atomic E-state index is 0.454. The number of hydrogen-bond acceptors (Lipinski definition) is 3. The van der Waals surface area contributed by atoms with Crippen molar-refractivity contribution in [1.82, 2.24) is 15.3 Å². The first-order valence-electron chi connectivity index (χ1n) is 8.44. The summed E-state index contributed by atoms with van der Waals surface area (Å²) in [6.45, 7) is 0.637. The maximum absolute atomic E-state index is 8.93. The molecule has 6 heteroatoms. The fourth-order valence-corrected chi connectivity index (χ4v) is 2.57. The van der Waals surface area contributed by atoms with Crippen molar-refractivity contribution in [2.24, 2.45) is 4.99 Å². The molecule has 0 aliphatic carbocycles. The zero-order chi connectivity index (χ0) is 18.0. The maximum atomic E-state index is 8.93. The monoisotopic (exact) mass is 344 g/mol. The largest absolute Gasteiger partial charge is 0.345 e. The normalized spacial score (nSPS) is 11.0. The molecular formula is C20H20N6. The highest BCUT2D eigenvalue weighted by atomic mass is 15.2. The second kappa shape index (κ2) is 9.04. The van der Waals surface area contributed by atoms with Gasteiger partial charge in [-0.15, -0.1) is 0 Å². The van der Waals surface area contributed by atoms with Crippen LogP contribution in [0.5, 0.6) is 0 Å². The number of aliphatic imine (C=N–C) groups is 1. The summed E-state index contributed by atoms with van der Waals surface area (Å²) in [6.07, 6.45) is 7.23. The van der Waals surface area contributed by atoms with Gasteiger partial charge in [0.1, 0.15) is 0 Å². The molecule has 26 heavy (non-hydrogen) atoms. The highest BCUT2D eigenvalue weighted by Crippen LogP contribution is 2.18. The molecule has 0 saturated carbocycles. The van der Waals surface area contributed by atoms with E-state index in [1.165, 1.54) is 5.56 Å². The number of guanidine groups is 1. The number of nitrogens with one attached hydrogen (secondary N) is 3. The number of aromatic nitrogens is 2. The third-order valence-corrected chi connectivity index (χ3v) is 3.87. The van der Waals surface area contributed by atoms with Gasteiger partial charge < -0.3 is 10.3 Å². The van der Waals surface area contributed by atoms with E-state index in [4.69, 9.17) is 5.26 Å². The van der Waals surface area contributed by atoms with Crippen LogP contribution in [0.1, 0.15) is 12.0 Å². The lowest BCUT2D eigenvalue weighted by Gasteiger charge is -2.09. The number of H-pyrrole nitrogens is 1. The molecular weight excluding hydrogens is 324 g/mol. The Bertz CT molecular complexity index is 861. The Labute approximate surface area is 152 Å². The van der Waals surface area contributed by atoms with Gasteiger partial charge in [-0.1, -0.05) is 42.5 Å². The Morgan fingerprint density at radius 1 is 1.12 bits per heavy atom. The number of anilines is 1. The van der Waals surface area contributed by atoms with E-state index in [9.17, 15) is 0 Å². The molecule has 0 spiro atoms. The van der Waals surface area contributed by atoms with Gasteiger partial charge in [0.05, 0.1) is 18.2 Å². The lowest BCUT2D eigenvalue weighted by atomic mass is 10.1. The van der Waals surface area contributed by atoms with Crippen LogP contribution < -0.4 is 10.6 Å². The molecule has 1 aromatic heterocycles. The molecule has 0 amide bonds. The van der Waals surface area contributed by atoms with E-state index in [-0.39, 0.29) is 0 Å². The molecule has 3 rings (SSSR count). The number of hydrogen-bond donors (Lipinski definition) is 3. The van der Waals surface area contributed by atoms with Gasteiger partial charge in [-0.05, 0) is 36.1 Å². The second-order valence-electron chi connectivity index (χ2n) is 5.72. The lowest BCUT2D eigenvalue weighted by Crippen LogP contribution is -2.27. The van der Waals surface area contributed by atoms with Gasteiger partial charge >= 0.3 is 0 Å². The van der Waals surface area contributed by atoms with E-state index >= 15 is 0 Å². The highest BCUT2D eigenvalue weighted by Gasteiger charge is 2.02. The van der Waals surface area contributed by atoms with Crippen LogP contribution in [0.4, 0.5) is 5.69 Å². The Kier molecular flexibility index (Phi) is 5.99. The fraction of sp³-hybridized carbons (Fsp3) is 0.150. The van der Waals surface area contributed by atoms with Gasteiger partial charge in [0.15, 0.2) is 6.19 Å². The molecule has 3 N–H and O–H groups in total. The molecule has 0 aliphatic heterocycles. The van der Waals surface area contributed by atoms with Gasteiger partial charge in [0, 0.05) is 12.2 Å². The molecule has 130 valence electrons. The summed E-state index contributed by atoms with van der Waals surface area (Å²) in [6, 6.07) is 18.1. The third kappa shape index (κ3) is 4.95. The number of nitrogens with zero attached hydrogens (tertiary/aromatic N) is 3. The van der Waals surface area contributed by atoms with Crippen molar-refractivity contribution < 1.29 is 0 Å². The van der Waals surface area contributed by atoms with Crippen LogP contribution in [0.15, 0.2) is 72.1 Å². The summed E-state index contributed by atoms with van der Waals surface area (Å²) in [5, 5.41) is 14.7. The van der Waals surface area contributed by atoms with E-state index in [1.54, 1.807) is 12.5 Å². The Morgan fingerprint density at radius 2 is 1.92 bits per heavy atom. The average Bonchev–Trinajstić information content (AvgIpc) is 3.21. The topological polar surface area (TPSA) is 88.9 Å². The first kappa shape index (κ1) is 17.2. The van der Waals surface area contributed by atoms with Gasteiger partial charge in [0.25, 0.3) is 0 Å². The number of aromatic amines is 1. The minimum absolute atomic E-state index is 0.454. The molecule has 0 radical (unpaired) electrons. The van der Waals surface area contributed by atoms with Crippen LogP contribution in [0.3, 0.4) is 0 Å². The summed E-state index contributed by atoms with van der Waals surface area (Å²) in [7, 11) is 0. The van der Waals surface area contributed by atoms with Crippen molar-refractivity contribution in [1.29, 1.82) is 5.26 Å². The zero-order valence-electron chi connectivity index (χ0n) is 14.3. The van der Waals surface area contributed by atoms with Gasteiger partial charge in [0.2, 0.25) is 5.96 Å². The summed E-state index contributed by atoms with van der Waals surface area (Å²) in [5.41, 5.74) is 4.15. The molecule has 0 aliphatic rings.